The fourth-order valence-corrected chi connectivity index (χ4v) is 4.45. The molecule has 2 heteroatoms. The molecule has 0 amide bonds. The second-order valence-electron chi connectivity index (χ2n) is 7.10. The first-order chi connectivity index (χ1) is 9.56. The van der Waals surface area contributed by atoms with Crippen molar-refractivity contribution in [3.63, 3.8) is 0 Å². The number of allylic oxidation sites excluding steroid dienone is 1. The van der Waals surface area contributed by atoms with E-state index in [4.69, 9.17) is 4.74 Å². The van der Waals surface area contributed by atoms with Crippen molar-refractivity contribution in [3.8, 4) is 0 Å². The molecule has 0 unspecified atom stereocenters. The highest BCUT2D eigenvalue weighted by Crippen LogP contribution is 2.52. The van der Waals surface area contributed by atoms with Crippen molar-refractivity contribution in [2.45, 2.75) is 65.9 Å². The average molecular weight is 280 g/mol. The molecule has 0 radical (unpaired) electrons. The number of ether oxygens (including phenoxy) is 1. The molecule has 2 nitrogen and oxygen atoms in total. The maximum absolute atomic E-state index is 9.94. The maximum Gasteiger partial charge on any atom is 0.0643 e. The van der Waals surface area contributed by atoms with Crippen molar-refractivity contribution < 1.29 is 9.84 Å². The van der Waals surface area contributed by atoms with Crippen LogP contribution in [0.2, 0.25) is 0 Å². The molecule has 0 aromatic carbocycles. The number of aliphatic hydroxyl groups is 1. The first-order valence-corrected chi connectivity index (χ1v) is 8.47. The third-order valence-corrected chi connectivity index (χ3v) is 5.99. The fraction of sp³-hybridized carbons (Fsp3) is 0.889. The smallest absolute Gasteiger partial charge is 0.0643 e. The molecular formula is C18H32O2. The summed E-state index contributed by atoms with van der Waals surface area (Å²) < 4.78 is 6.23. The number of unbranched alkanes of at least 4 members (excludes halogenated alkanes) is 3. The molecule has 0 spiro atoms. The van der Waals surface area contributed by atoms with Crippen molar-refractivity contribution in [2.75, 3.05) is 13.2 Å². The summed E-state index contributed by atoms with van der Waals surface area (Å²) in [7, 11) is 0. The monoisotopic (exact) mass is 280 g/mol. The summed E-state index contributed by atoms with van der Waals surface area (Å²) in [5.41, 5.74) is 1.43. The van der Waals surface area contributed by atoms with E-state index in [1.807, 2.05) is 0 Å². The van der Waals surface area contributed by atoms with Gasteiger partial charge in [-0.1, -0.05) is 58.1 Å². The highest BCUT2D eigenvalue weighted by Gasteiger charge is 2.52. The van der Waals surface area contributed by atoms with Gasteiger partial charge in [0.2, 0.25) is 0 Å². The van der Waals surface area contributed by atoms with Crippen LogP contribution in [0.25, 0.3) is 0 Å². The molecule has 0 aromatic rings. The van der Waals surface area contributed by atoms with Gasteiger partial charge in [0.1, 0.15) is 0 Å². The zero-order chi connectivity index (χ0) is 14.8. The summed E-state index contributed by atoms with van der Waals surface area (Å²) in [5.74, 6) is 1.45. The van der Waals surface area contributed by atoms with Crippen LogP contribution in [0.1, 0.15) is 59.8 Å². The Morgan fingerprint density at radius 1 is 1.30 bits per heavy atom. The largest absolute Gasteiger partial charge is 0.396 e. The Bertz CT molecular complexity index is 349. The van der Waals surface area contributed by atoms with Crippen LogP contribution in [-0.2, 0) is 4.74 Å². The predicted octanol–water partition coefficient (Wildman–Crippen LogP) is 4.18. The Kier molecular flexibility index (Phi) is 5.30. The summed E-state index contributed by atoms with van der Waals surface area (Å²) >= 11 is 0. The number of rotatable bonds is 6. The first-order valence-electron chi connectivity index (χ1n) is 8.47. The van der Waals surface area contributed by atoms with E-state index in [0.29, 0.717) is 23.9 Å². The van der Waals surface area contributed by atoms with Crippen molar-refractivity contribution in [2.24, 2.45) is 23.2 Å². The van der Waals surface area contributed by atoms with E-state index in [1.54, 1.807) is 0 Å². The molecule has 1 fully saturated rings. The minimum atomic E-state index is -0.0515. The Morgan fingerprint density at radius 3 is 2.70 bits per heavy atom. The van der Waals surface area contributed by atoms with Crippen LogP contribution < -0.4 is 0 Å². The number of hydrogen-bond donors (Lipinski definition) is 1. The Morgan fingerprint density at radius 2 is 2.05 bits per heavy atom. The van der Waals surface area contributed by atoms with E-state index in [0.717, 1.165) is 6.61 Å². The zero-order valence-corrected chi connectivity index (χ0v) is 13.7. The lowest BCUT2D eigenvalue weighted by Gasteiger charge is -2.55. The van der Waals surface area contributed by atoms with Gasteiger partial charge in [0.15, 0.2) is 0 Å². The average Bonchev–Trinajstić information content (AvgIpc) is 2.42. The minimum absolute atomic E-state index is 0.0515. The first kappa shape index (κ1) is 16.0. The SMILES string of the molecule is CCCCCC[C@H]1OC[C@]2(CO)[C@H](C)[C@@H]1C(C)=C[C@@H]2C. The highest BCUT2D eigenvalue weighted by molar-refractivity contribution is 5.20. The minimum Gasteiger partial charge on any atom is -0.396 e. The molecule has 0 aromatic heterocycles. The van der Waals surface area contributed by atoms with Gasteiger partial charge >= 0.3 is 0 Å². The molecule has 116 valence electrons. The lowest BCUT2D eigenvalue weighted by molar-refractivity contribution is -0.164. The Labute approximate surface area is 124 Å². The topological polar surface area (TPSA) is 29.5 Å². The molecule has 1 N–H and O–H groups in total. The molecule has 1 aliphatic carbocycles. The second kappa shape index (κ2) is 6.62. The van der Waals surface area contributed by atoms with E-state index in [9.17, 15) is 5.11 Å². The standard InChI is InChI=1S/C18H32O2/c1-5-6-7-8-9-16-17-13(2)10-14(3)18(11-19,12-20-16)15(17)4/h10,14-17,19H,5-9,11-12H2,1-4H3/t14-,15+,16+,17-,18-/m0/s1. The summed E-state index contributed by atoms with van der Waals surface area (Å²) in [6, 6.07) is 0. The second-order valence-corrected chi connectivity index (χ2v) is 7.10. The van der Waals surface area contributed by atoms with Gasteiger partial charge in [0, 0.05) is 11.3 Å². The quantitative estimate of drug-likeness (QED) is 0.584. The van der Waals surface area contributed by atoms with Gasteiger partial charge in [0.05, 0.1) is 19.3 Å². The third-order valence-electron chi connectivity index (χ3n) is 5.99. The summed E-state index contributed by atoms with van der Waals surface area (Å²) in [4.78, 5) is 0. The maximum atomic E-state index is 9.94. The van der Waals surface area contributed by atoms with Crippen LogP contribution in [0.15, 0.2) is 11.6 Å². The normalized spacial score (nSPS) is 40.5. The van der Waals surface area contributed by atoms with Crippen LogP contribution in [0.3, 0.4) is 0 Å². The number of aliphatic hydroxyl groups excluding tert-OH is 1. The molecule has 0 saturated carbocycles. The predicted molar refractivity (Wildman–Crippen MR) is 83.6 cm³/mol. The van der Waals surface area contributed by atoms with E-state index in [2.05, 4.69) is 33.8 Å². The fourth-order valence-electron chi connectivity index (χ4n) is 4.45. The Hall–Kier alpha value is -0.340. The van der Waals surface area contributed by atoms with Gasteiger partial charge in [-0.15, -0.1) is 0 Å². The van der Waals surface area contributed by atoms with Gasteiger partial charge in [-0.3, -0.25) is 0 Å². The third kappa shape index (κ3) is 2.69. The zero-order valence-electron chi connectivity index (χ0n) is 13.7. The molecule has 1 aliphatic heterocycles. The lowest BCUT2D eigenvalue weighted by atomic mass is 9.56. The van der Waals surface area contributed by atoms with E-state index in [1.165, 1.54) is 37.7 Å². The van der Waals surface area contributed by atoms with Crippen molar-refractivity contribution in [1.82, 2.24) is 0 Å². The van der Waals surface area contributed by atoms with Crippen LogP contribution >= 0.6 is 0 Å². The molecule has 2 bridgehead atoms. The molecule has 20 heavy (non-hydrogen) atoms. The molecule has 2 aliphatic rings. The lowest BCUT2D eigenvalue weighted by Crippen LogP contribution is -2.56. The number of hydrogen-bond acceptors (Lipinski definition) is 2. The Balaban J connectivity index is 2.08. The van der Waals surface area contributed by atoms with Gasteiger partial charge < -0.3 is 9.84 Å². The van der Waals surface area contributed by atoms with E-state index < -0.39 is 0 Å². The van der Waals surface area contributed by atoms with E-state index >= 15 is 0 Å². The van der Waals surface area contributed by atoms with Crippen molar-refractivity contribution in [1.29, 1.82) is 0 Å². The van der Waals surface area contributed by atoms with Crippen LogP contribution in [0, 0.1) is 23.2 Å². The van der Waals surface area contributed by atoms with Gasteiger partial charge in [-0.05, 0) is 25.2 Å². The van der Waals surface area contributed by atoms with Gasteiger partial charge in [0.25, 0.3) is 0 Å². The molecule has 5 atom stereocenters. The van der Waals surface area contributed by atoms with Crippen LogP contribution in [0.4, 0.5) is 0 Å². The van der Waals surface area contributed by atoms with Gasteiger partial charge in [-0.25, -0.2) is 0 Å². The van der Waals surface area contributed by atoms with Gasteiger partial charge in [-0.2, -0.15) is 0 Å². The summed E-state index contributed by atoms with van der Waals surface area (Å²) in [6.07, 6.45) is 9.15. The molecular weight excluding hydrogens is 248 g/mol. The van der Waals surface area contributed by atoms with Crippen molar-refractivity contribution >= 4 is 0 Å². The molecule has 1 saturated heterocycles. The molecule has 1 heterocycles. The summed E-state index contributed by atoms with van der Waals surface area (Å²) in [6.45, 7) is 10.0. The van der Waals surface area contributed by atoms with Crippen LogP contribution in [0.5, 0.6) is 0 Å². The number of fused-ring (bicyclic) bond motifs is 2. The van der Waals surface area contributed by atoms with Crippen molar-refractivity contribution in [3.05, 3.63) is 11.6 Å². The van der Waals surface area contributed by atoms with E-state index in [-0.39, 0.29) is 12.0 Å². The highest BCUT2D eigenvalue weighted by atomic mass is 16.5. The summed E-state index contributed by atoms with van der Waals surface area (Å²) in [5, 5.41) is 9.94. The molecule has 2 rings (SSSR count). The van der Waals surface area contributed by atoms with Crippen LogP contribution in [-0.4, -0.2) is 24.4 Å².